The van der Waals surface area contributed by atoms with Crippen LogP contribution in [-0.2, 0) is 0 Å². The van der Waals surface area contributed by atoms with Crippen LogP contribution in [0.3, 0.4) is 0 Å². The minimum absolute atomic E-state index is 0.0749. The standard InChI is InChI=1S/C23H24N4O2S2/c1-14-22(30-12-24-14)19-17-4-3-16(27-7-5-26(6-8-27)9-10-28)11-18(17)21(29)20(19)23-15(2)25-13-31-23/h3-4,11-13,28H,5-10H2,1-2H3. The molecular weight excluding hydrogens is 428 g/mol. The van der Waals surface area contributed by atoms with E-state index in [0.29, 0.717) is 0 Å². The van der Waals surface area contributed by atoms with E-state index in [1.54, 1.807) is 11.3 Å². The largest absolute Gasteiger partial charge is 0.395 e. The van der Waals surface area contributed by atoms with Crippen LogP contribution in [0.1, 0.15) is 37.1 Å². The van der Waals surface area contributed by atoms with E-state index >= 15 is 0 Å². The molecule has 0 amide bonds. The average molecular weight is 453 g/mol. The molecule has 160 valence electrons. The Morgan fingerprint density at radius 2 is 1.58 bits per heavy atom. The SMILES string of the molecule is Cc1ncsc1C1=C(c2scnc2C)c2ccc(N3CCN(CCO)CC3)cc2C1=O. The predicted molar refractivity (Wildman–Crippen MR) is 126 cm³/mol. The molecule has 2 aromatic heterocycles. The second kappa shape index (κ2) is 8.27. The van der Waals surface area contributed by atoms with E-state index in [4.69, 9.17) is 0 Å². The van der Waals surface area contributed by atoms with Crippen LogP contribution in [0.5, 0.6) is 0 Å². The van der Waals surface area contributed by atoms with Crippen LogP contribution in [0.25, 0.3) is 11.1 Å². The first-order valence-electron chi connectivity index (χ1n) is 10.4. The number of anilines is 1. The number of piperazine rings is 1. The van der Waals surface area contributed by atoms with Crippen molar-refractivity contribution in [2.45, 2.75) is 13.8 Å². The lowest BCUT2D eigenvalue weighted by Crippen LogP contribution is -2.47. The summed E-state index contributed by atoms with van der Waals surface area (Å²) in [6, 6.07) is 6.28. The smallest absolute Gasteiger partial charge is 0.195 e. The van der Waals surface area contributed by atoms with Crippen LogP contribution in [0.15, 0.2) is 29.2 Å². The number of carbonyl (C=O) groups is 1. The van der Waals surface area contributed by atoms with Gasteiger partial charge in [0.15, 0.2) is 5.78 Å². The highest BCUT2D eigenvalue weighted by Crippen LogP contribution is 2.46. The third-order valence-corrected chi connectivity index (χ3v) is 7.99. The Kier molecular flexibility index (Phi) is 5.47. The molecule has 0 radical (unpaired) electrons. The highest BCUT2D eigenvalue weighted by atomic mass is 32.1. The number of rotatable bonds is 5. The van der Waals surface area contributed by atoms with Gasteiger partial charge in [0.25, 0.3) is 0 Å². The summed E-state index contributed by atoms with van der Waals surface area (Å²) in [7, 11) is 0. The normalized spacial score (nSPS) is 17.0. The fourth-order valence-electron chi connectivity index (χ4n) is 4.42. The molecule has 0 unspecified atom stereocenters. The molecule has 1 aliphatic heterocycles. The van der Waals surface area contributed by atoms with Crippen LogP contribution in [0.2, 0.25) is 0 Å². The topological polar surface area (TPSA) is 69.6 Å². The minimum Gasteiger partial charge on any atom is -0.395 e. The van der Waals surface area contributed by atoms with Gasteiger partial charge in [-0.3, -0.25) is 9.69 Å². The summed E-state index contributed by atoms with van der Waals surface area (Å²) in [6.45, 7) is 8.49. The molecule has 1 N–H and O–H groups in total. The number of carbonyl (C=O) groups excluding carboxylic acids is 1. The molecule has 1 fully saturated rings. The van der Waals surface area contributed by atoms with Gasteiger partial charge in [-0.05, 0) is 31.5 Å². The first-order valence-corrected chi connectivity index (χ1v) is 12.2. The van der Waals surface area contributed by atoms with E-state index in [2.05, 4.69) is 38.0 Å². The molecule has 2 aliphatic rings. The van der Waals surface area contributed by atoms with Crippen LogP contribution in [0, 0.1) is 13.8 Å². The van der Waals surface area contributed by atoms with Gasteiger partial charge < -0.3 is 10.0 Å². The number of β-amino-alcohol motifs (C(OH)–C–C–N with tert-alkyl or cyclic N) is 1. The molecule has 1 saturated heterocycles. The molecule has 8 heteroatoms. The van der Waals surface area contributed by atoms with Crippen LogP contribution >= 0.6 is 22.7 Å². The van der Waals surface area contributed by atoms with Crippen molar-refractivity contribution in [3.63, 3.8) is 0 Å². The quantitative estimate of drug-likeness (QED) is 0.639. The number of aromatic nitrogens is 2. The number of allylic oxidation sites excluding steroid dienone is 1. The third kappa shape index (κ3) is 3.53. The fraction of sp³-hybridized carbons (Fsp3) is 0.348. The average Bonchev–Trinajstić information content (AvgIpc) is 3.46. The number of benzene rings is 1. The van der Waals surface area contributed by atoms with E-state index in [1.165, 1.54) is 11.3 Å². The van der Waals surface area contributed by atoms with Crippen molar-refractivity contribution in [2.24, 2.45) is 0 Å². The molecule has 5 rings (SSSR count). The first-order chi connectivity index (χ1) is 15.1. The summed E-state index contributed by atoms with van der Waals surface area (Å²) in [5, 5.41) is 9.18. The molecule has 1 aliphatic carbocycles. The lowest BCUT2D eigenvalue weighted by atomic mass is 10.0. The van der Waals surface area contributed by atoms with E-state index in [-0.39, 0.29) is 12.4 Å². The summed E-state index contributed by atoms with van der Waals surface area (Å²) in [4.78, 5) is 29.1. The van der Waals surface area contributed by atoms with Crippen molar-refractivity contribution in [3.8, 4) is 0 Å². The number of aliphatic hydroxyl groups excluding tert-OH is 1. The van der Waals surface area contributed by atoms with Gasteiger partial charge in [0, 0.05) is 49.5 Å². The fourth-order valence-corrected chi connectivity index (χ4v) is 6.15. The Labute approximate surface area is 189 Å². The van der Waals surface area contributed by atoms with Gasteiger partial charge in [-0.25, -0.2) is 9.97 Å². The van der Waals surface area contributed by atoms with E-state index in [0.717, 1.165) is 81.8 Å². The molecule has 0 spiro atoms. The van der Waals surface area contributed by atoms with Gasteiger partial charge in [0.2, 0.25) is 0 Å². The van der Waals surface area contributed by atoms with Crippen molar-refractivity contribution in [1.29, 1.82) is 0 Å². The number of fused-ring (bicyclic) bond motifs is 1. The van der Waals surface area contributed by atoms with Crippen molar-refractivity contribution >= 4 is 45.3 Å². The Morgan fingerprint density at radius 1 is 0.935 bits per heavy atom. The molecule has 3 aromatic rings. The molecule has 0 saturated carbocycles. The monoisotopic (exact) mass is 452 g/mol. The zero-order valence-corrected chi connectivity index (χ0v) is 19.2. The van der Waals surface area contributed by atoms with Crippen molar-refractivity contribution in [1.82, 2.24) is 14.9 Å². The molecule has 6 nitrogen and oxygen atoms in total. The number of aliphatic hydroxyl groups is 1. The highest BCUT2D eigenvalue weighted by Gasteiger charge is 2.35. The van der Waals surface area contributed by atoms with Gasteiger partial charge >= 0.3 is 0 Å². The lowest BCUT2D eigenvalue weighted by Gasteiger charge is -2.36. The number of thiazole rings is 2. The van der Waals surface area contributed by atoms with Crippen molar-refractivity contribution in [3.05, 3.63) is 61.5 Å². The summed E-state index contributed by atoms with van der Waals surface area (Å²) in [6.07, 6.45) is 0. The van der Waals surface area contributed by atoms with E-state index in [9.17, 15) is 9.90 Å². The summed E-state index contributed by atoms with van der Waals surface area (Å²) >= 11 is 3.11. The van der Waals surface area contributed by atoms with Crippen LogP contribution < -0.4 is 4.90 Å². The Bertz CT molecular complexity index is 1170. The van der Waals surface area contributed by atoms with Crippen LogP contribution in [-0.4, -0.2) is 65.1 Å². The van der Waals surface area contributed by atoms with Crippen molar-refractivity contribution < 1.29 is 9.90 Å². The third-order valence-electron chi connectivity index (χ3n) is 6.09. The van der Waals surface area contributed by atoms with Crippen molar-refractivity contribution in [2.75, 3.05) is 44.2 Å². The maximum atomic E-state index is 13.7. The maximum absolute atomic E-state index is 13.7. The Hall–Kier alpha value is -2.39. The van der Waals surface area contributed by atoms with Gasteiger partial charge in [-0.2, -0.15) is 0 Å². The summed E-state index contributed by atoms with van der Waals surface area (Å²) < 4.78 is 0. The lowest BCUT2D eigenvalue weighted by molar-refractivity contribution is 0.105. The zero-order valence-electron chi connectivity index (χ0n) is 17.6. The van der Waals surface area contributed by atoms with Crippen LogP contribution in [0.4, 0.5) is 5.69 Å². The molecule has 1 aromatic carbocycles. The molecular formula is C23H24N4O2S2. The molecule has 31 heavy (non-hydrogen) atoms. The number of nitrogens with zero attached hydrogens (tertiary/aromatic N) is 4. The van der Waals surface area contributed by atoms with E-state index in [1.807, 2.05) is 24.9 Å². The zero-order chi connectivity index (χ0) is 21.5. The second-order valence-corrected chi connectivity index (χ2v) is 9.60. The van der Waals surface area contributed by atoms with Gasteiger partial charge in [-0.1, -0.05) is 6.07 Å². The first kappa shape index (κ1) is 20.5. The van der Waals surface area contributed by atoms with Gasteiger partial charge in [0.1, 0.15) is 0 Å². The Balaban J connectivity index is 1.55. The molecule has 3 heterocycles. The number of hydrogen-bond acceptors (Lipinski definition) is 8. The number of hydrogen-bond donors (Lipinski definition) is 1. The molecule has 0 atom stereocenters. The Morgan fingerprint density at radius 3 is 2.16 bits per heavy atom. The highest BCUT2D eigenvalue weighted by molar-refractivity contribution is 7.12. The minimum atomic E-state index is 0.0749. The number of ketones is 1. The van der Waals surface area contributed by atoms with E-state index < -0.39 is 0 Å². The van der Waals surface area contributed by atoms with Gasteiger partial charge in [-0.15, -0.1) is 22.7 Å². The maximum Gasteiger partial charge on any atom is 0.195 e. The summed E-state index contributed by atoms with van der Waals surface area (Å²) in [5.41, 5.74) is 10.1. The second-order valence-electron chi connectivity index (χ2n) is 7.90. The summed E-state index contributed by atoms with van der Waals surface area (Å²) in [5.74, 6) is 0.0749. The predicted octanol–water partition coefficient (Wildman–Crippen LogP) is 3.49. The number of Topliss-reactive ketones (excluding diaryl/α,β-unsaturated/α-hetero) is 1. The number of aryl methyl sites for hydroxylation is 2. The van der Waals surface area contributed by atoms with Gasteiger partial charge in [0.05, 0.1) is 44.3 Å². The molecule has 0 bridgehead atoms.